The number of ether oxygens (including phenoxy) is 1. The van der Waals surface area contributed by atoms with Gasteiger partial charge in [-0.05, 0) is 24.3 Å². The first-order valence-corrected chi connectivity index (χ1v) is 5.37. The Bertz CT molecular complexity index is 647. The number of aromatic nitrogens is 1. The van der Waals surface area contributed by atoms with Gasteiger partial charge in [-0.25, -0.2) is 0 Å². The van der Waals surface area contributed by atoms with Crippen molar-refractivity contribution >= 4 is 0 Å². The van der Waals surface area contributed by atoms with Crippen molar-refractivity contribution in [3.63, 3.8) is 0 Å². The van der Waals surface area contributed by atoms with Gasteiger partial charge in [0.15, 0.2) is 0 Å². The summed E-state index contributed by atoms with van der Waals surface area (Å²) >= 11 is 0. The Morgan fingerprint density at radius 2 is 1.89 bits per heavy atom. The van der Waals surface area contributed by atoms with E-state index < -0.39 is 11.7 Å². The van der Waals surface area contributed by atoms with Gasteiger partial charge in [-0.2, -0.15) is 13.2 Å². The molecule has 100 valence electrons. The number of halogens is 3. The molecule has 19 heavy (non-hydrogen) atoms. The molecule has 0 radical (unpaired) electrons. The maximum Gasteiger partial charge on any atom is 0.416 e. The number of alkyl halides is 3. The highest BCUT2D eigenvalue weighted by Crippen LogP contribution is 2.36. The number of hydrogen-bond donors (Lipinski definition) is 1. The second-order valence-electron chi connectivity index (χ2n) is 3.84. The van der Waals surface area contributed by atoms with Gasteiger partial charge in [-0.3, -0.25) is 4.79 Å². The van der Waals surface area contributed by atoms with Crippen LogP contribution in [0.15, 0.2) is 41.2 Å². The third kappa shape index (κ3) is 2.78. The molecule has 1 heterocycles. The van der Waals surface area contributed by atoms with E-state index in [2.05, 4.69) is 4.98 Å². The van der Waals surface area contributed by atoms with Crippen molar-refractivity contribution in [3.8, 4) is 17.0 Å². The molecule has 0 saturated heterocycles. The van der Waals surface area contributed by atoms with Gasteiger partial charge in [0.05, 0.1) is 18.4 Å². The van der Waals surface area contributed by atoms with Crippen molar-refractivity contribution < 1.29 is 17.9 Å². The number of hydrogen-bond acceptors (Lipinski definition) is 2. The first kappa shape index (κ1) is 13.2. The minimum Gasteiger partial charge on any atom is -0.496 e. The van der Waals surface area contributed by atoms with E-state index in [1.807, 2.05) is 0 Å². The van der Waals surface area contributed by atoms with Crippen LogP contribution in [0.1, 0.15) is 5.56 Å². The van der Waals surface area contributed by atoms with Crippen LogP contribution in [0.3, 0.4) is 0 Å². The van der Waals surface area contributed by atoms with Crippen LogP contribution in [0.25, 0.3) is 11.3 Å². The first-order chi connectivity index (χ1) is 8.91. The number of methoxy groups -OCH3 is 1. The van der Waals surface area contributed by atoms with Crippen LogP contribution in [0.2, 0.25) is 0 Å². The molecule has 2 rings (SSSR count). The third-order valence-corrected chi connectivity index (χ3v) is 2.59. The lowest BCUT2D eigenvalue weighted by Gasteiger charge is -2.12. The SMILES string of the molecule is COc1cc(C(F)(F)F)ccc1-c1cccc(=O)[nH]1. The quantitative estimate of drug-likeness (QED) is 0.910. The first-order valence-electron chi connectivity index (χ1n) is 5.37. The average Bonchev–Trinajstić information content (AvgIpc) is 2.37. The lowest BCUT2D eigenvalue weighted by Crippen LogP contribution is -2.07. The van der Waals surface area contributed by atoms with Crippen LogP contribution in [0.5, 0.6) is 5.75 Å². The van der Waals surface area contributed by atoms with Crippen molar-refractivity contribution in [3.05, 3.63) is 52.3 Å². The molecule has 0 atom stereocenters. The Kier molecular flexibility index (Phi) is 3.33. The van der Waals surface area contributed by atoms with Gasteiger partial charge in [0.25, 0.3) is 0 Å². The summed E-state index contributed by atoms with van der Waals surface area (Å²) < 4.78 is 42.7. The zero-order chi connectivity index (χ0) is 14.0. The van der Waals surface area contributed by atoms with Gasteiger partial charge in [-0.1, -0.05) is 6.07 Å². The monoisotopic (exact) mass is 269 g/mol. The molecule has 0 amide bonds. The van der Waals surface area contributed by atoms with Crippen molar-refractivity contribution in [1.29, 1.82) is 0 Å². The average molecular weight is 269 g/mol. The summed E-state index contributed by atoms with van der Waals surface area (Å²) in [6, 6.07) is 7.55. The minimum atomic E-state index is -4.43. The van der Waals surface area contributed by atoms with E-state index in [0.29, 0.717) is 11.3 Å². The van der Waals surface area contributed by atoms with Crippen LogP contribution in [-0.4, -0.2) is 12.1 Å². The summed E-state index contributed by atoms with van der Waals surface area (Å²) in [5, 5.41) is 0. The van der Waals surface area contributed by atoms with Gasteiger partial charge in [0, 0.05) is 11.6 Å². The number of pyridine rings is 1. The molecule has 0 unspecified atom stereocenters. The Morgan fingerprint density at radius 1 is 1.16 bits per heavy atom. The maximum absolute atomic E-state index is 12.6. The molecule has 3 nitrogen and oxygen atoms in total. The molecule has 2 aromatic rings. The molecule has 0 saturated carbocycles. The van der Waals surface area contributed by atoms with Crippen LogP contribution < -0.4 is 10.3 Å². The van der Waals surface area contributed by atoms with E-state index in [1.54, 1.807) is 6.07 Å². The molecule has 0 aliphatic carbocycles. The lowest BCUT2D eigenvalue weighted by atomic mass is 10.1. The summed E-state index contributed by atoms with van der Waals surface area (Å²) in [7, 11) is 1.28. The number of H-pyrrole nitrogens is 1. The highest BCUT2D eigenvalue weighted by Gasteiger charge is 2.31. The number of nitrogens with one attached hydrogen (secondary N) is 1. The topological polar surface area (TPSA) is 42.1 Å². The molecule has 6 heteroatoms. The molecule has 0 spiro atoms. The van der Waals surface area contributed by atoms with E-state index in [0.717, 1.165) is 12.1 Å². The van der Waals surface area contributed by atoms with Crippen molar-refractivity contribution in [2.45, 2.75) is 6.18 Å². The Morgan fingerprint density at radius 3 is 2.47 bits per heavy atom. The van der Waals surface area contributed by atoms with Gasteiger partial charge in [0.1, 0.15) is 5.75 Å². The fourth-order valence-corrected chi connectivity index (χ4v) is 1.69. The fraction of sp³-hybridized carbons (Fsp3) is 0.154. The Labute approximate surface area is 106 Å². The predicted molar refractivity (Wildman–Crippen MR) is 64.1 cm³/mol. The molecule has 1 aromatic heterocycles. The van der Waals surface area contributed by atoms with E-state index in [-0.39, 0.29) is 11.3 Å². The molecule has 1 aromatic carbocycles. The molecule has 0 aliphatic rings. The lowest BCUT2D eigenvalue weighted by molar-refractivity contribution is -0.137. The normalized spacial score (nSPS) is 11.4. The molecule has 0 fully saturated rings. The second-order valence-corrected chi connectivity index (χ2v) is 3.84. The van der Waals surface area contributed by atoms with Crippen LogP contribution in [0, 0.1) is 0 Å². The Hall–Kier alpha value is -2.24. The molecule has 0 bridgehead atoms. The van der Waals surface area contributed by atoms with Crippen LogP contribution in [-0.2, 0) is 6.18 Å². The van der Waals surface area contributed by atoms with Gasteiger partial charge < -0.3 is 9.72 Å². The van der Waals surface area contributed by atoms with Gasteiger partial charge >= 0.3 is 6.18 Å². The minimum absolute atomic E-state index is 0.0525. The summed E-state index contributed by atoms with van der Waals surface area (Å²) in [4.78, 5) is 13.8. The van der Waals surface area contributed by atoms with Crippen LogP contribution >= 0.6 is 0 Å². The summed E-state index contributed by atoms with van der Waals surface area (Å²) in [6.07, 6.45) is -4.43. The van der Waals surface area contributed by atoms with E-state index in [1.165, 1.54) is 25.3 Å². The molecular formula is C13H10F3NO2. The molecular weight excluding hydrogens is 259 g/mol. The number of rotatable bonds is 2. The summed E-state index contributed by atoms with van der Waals surface area (Å²) in [6.45, 7) is 0. The largest absolute Gasteiger partial charge is 0.496 e. The fourth-order valence-electron chi connectivity index (χ4n) is 1.69. The number of aromatic amines is 1. The van der Waals surface area contributed by atoms with E-state index in [4.69, 9.17) is 4.74 Å². The van der Waals surface area contributed by atoms with Gasteiger partial charge in [-0.15, -0.1) is 0 Å². The summed E-state index contributed by atoms with van der Waals surface area (Å²) in [5.41, 5.74) is -0.336. The number of benzene rings is 1. The highest BCUT2D eigenvalue weighted by atomic mass is 19.4. The van der Waals surface area contributed by atoms with Crippen LogP contribution in [0.4, 0.5) is 13.2 Å². The maximum atomic E-state index is 12.6. The zero-order valence-corrected chi connectivity index (χ0v) is 9.91. The third-order valence-electron chi connectivity index (χ3n) is 2.59. The van der Waals surface area contributed by atoms with Crippen molar-refractivity contribution in [2.24, 2.45) is 0 Å². The predicted octanol–water partition coefficient (Wildman–Crippen LogP) is 3.07. The second kappa shape index (κ2) is 4.79. The standard InChI is InChI=1S/C13H10F3NO2/c1-19-11-7-8(13(14,15)16)5-6-9(11)10-3-2-4-12(18)17-10/h2-7H,1H3,(H,17,18). The molecule has 1 N–H and O–H groups in total. The van der Waals surface area contributed by atoms with E-state index in [9.17, 15) is 18.0 Å². The smallest absolute Gasteiger partial charge is 0.416 e. The Balaban J connectivity index is 2.56. The van der Waals surface area contributed by atoms with Crippen molar-refractivity contribution in [2.75, 3.05) is 7.11 Å². The summed E-state index contributed by atoms with van der Waals surface area (Å²) in [5.74, 6) is 0.0525. The van der Waals surface area contributed by atoms with E-state index >= 15 is 0 Å². The highest BCUT2D eigenvalue weighted by molar-refractivity contribution is 5.67. The zero-order valence-electron chi connectivity index (χ0n) is 9.91. The molecule has 0 aliphatic heterocycles. The van der Waals surface area contributed by atoms with Crippen molar-refractivity contribution in [1.82, 2.24) is 4.98 Å². The van der Waals surface area contributed by atoms with Gasteiger partial charge in [0.2, 0.25) is 5.56 Å².